The fourth-order valence-corrected chi connectivity index (χ4v) is 2.24. The molecule has 0 fully saturated rings. The van der Waals surface area contributed by atoms with Gasteiger partial charge in [-0.15, -0.1) is 0 Å². The maximum Gasteiger partial charge on any atom is 0.0806 e. The zero-order valence-electron chi connectivity index (χ0n) is 8.79. The Morgan fingerprint density at radius 2 is 2.21 bits per heavy atom. The molecule has 0 amide bonds. The van der Waals surface area contributed by atoms with Gasteiger partial charge < -0.3 is 10.1 Å². The van der Waals surface area contributed by atoms with Crippen molar-refractivity contribution < 1.29 is 4.74 Å². The quantitative estimate of drug-likeness (QED) is 0.788. The van der Waals surface area contributed by atoms with Crippen molar-refractivity contribution >= 4 is 0 Å². The second-order valence-electron chi connectivity index (χ2n) is 3.71. The maximum absolute atomic E-state index is 5.50. The summed E-state index contributed by atoms with van der Waals surface area (Å²) in [5, 5.41) is 3.48. The van der Waals surface area contributed by atoms with Crippen molar-refractivity contribution in [3.8, 4) is 0 Å². The lowest BCUT2D eigenvalue weighted by molar-refractivity contribution is 0.0796. The van der Waals surface area contributed by atoms with Crippen LogP contribution in [0.5, 0.6) is 0 Å². The van der Waals surface area contributed by atoms with Crippen LogP contribution in [0.25, 0.3) is 0 Å². The summed E-state index contributed by atoms with van der Waals surface area (Å²) >= 11 is 0. The fourth-order valence-electron chi connectivity index (χ4n) is 2.24. The van der Waals surface area contributed by atoms with E-state index in [2.05, 4.69) is 36.5 Å². The van der Waals surface area contributed by atoms with E-state index in [-0.39, 0.29) is 0 Å². The van der Waals surface area contributed by atoms with E-state index in [0.29, 0.717) is 12.1 Å². The lowest BCUT2D eigenvalue weighted by Crippen LogP contribution is -2.29. The van der Waals surface area contributed by atoms with Crippen LogP contribution in [0.1, 0.15) is 24.1 Å². The molecule has 1 aromatic rings. The molecule has 0 saturated heterocycles. The standard InChI is InChI=1S/C12H17NO/c1-3-13-12-10-7-5-4-6-9(10)8-11(12)14-2/h4-7,11-13H,3,8H2,1-2H3/t11-,12+/m0/s1. The molecule has 2 rings (SSSR count). The summed E-state index contributed by atoms with van der Waals surface area (Å²) in [6.45, 7) is 3.12. The molecule has 0 aliphatic heterocycles. The number of fused-ring (bicyclic) bond motifs is 1. The minimum Gasteiger partial charge on any atom is -0.379 e. The normalized spacial score (nSPS) is 25.0. The smallest absolute Gasteiger partial charge is 0.0806 e. The van der Waals surface area contributed by atoms with Crippen LogP contribution in [0.4, 0.5) is 0 Å². The van der Waals surface area contributed by atoms with Gasteiger partial charge in [-0.2, -0.15) is 0 Å². The number of likely N-dealkylation sites (N-methyl/N-ethyl adjacent to an activating group) is 1. The predicted molar refractivity (Wildman–Crippen MR) is 57.4 cm³/mol. The molecule has 0 saturated carbocycles. The number of hydrogen-bond acceptors (Lipinski definition) is 2. The van der Waals surface area contributed by atoms with Crippen LogP contribution in [0.2, 0.25) is 0 Å². The third-order valence-corrected chi connectivity index (χ3v) is 2.91. The van der Waals surface area contributed by atoms with Crippen molar-refractivity contribution in [2.24, 2.45) is 0 Å². The third kappa shape index (κ3) is 1.56. The van der Waals surface area contributed by atoms with E-state index in [1.807, 2.05) is 0 Å². The van der Waals surface area contributed by atoms with Crippen LogP contribution in [-0.2, 0) is 11.2 Å². The Morgan fingerprint density at radius 3 is 2.93 bits per heavy atom. The maximum atomic E-state index is 5.50. The van der Waals surface area contributed by atoms with Gasteiger partial charge in [0.05, 0.1) is 12.1 Å². The highest BCUT2D eigenvalue weighted by Crippen LogP contribution is 2.32. The van der Waals surface area contributed by atoms with Crippen LogP contribution in [0.3, 0.4) is 0 Å². The largest absolute Gasteiger partial charge is 0.379 e. The third-order valence-electron chi connectivity index (χ3n) is 2.91. The second-order valence-corrected chi connectivity index (χ2v) is 3.71. The van der Waals surface area contributed by atoms with Crippen LogP contribution in [0.15, 0.2) is 24.3 Å². The highest BCUT2D eigenvalue weighted by atomic mass is 16.5. The molecule has 0 unspecified atom stereocenters. The first-order chi connectivity index (χ1) is 6.86. The van der Waals surface area contributed by atoms with Crippen molar-refractivity contribution in [1.82, 2.24) is 5.32 Å². The highest BCUT2D eigenvalue weighted by Gasteiger charge is 2.31. The van der Waals surface area contributed by atoms with Gasteiger partial charge in [0.2, 0.25) is 0 Å². The molecule has 1 aliphatic carbocycles. The Balaban J connectivity index is 2.27. The summed E-state index contributed by atoms with van der Waals surface area (Å²) in [5.74, 6) is 0. The van der Waals surface area contributed by atoms with E-state index in [4.69, 9.17) is 4.74 Å². The van der Waals surface area contributed by atoms with Gasteiger partial charge in [0, 0.05) is 13.5 Å². The molecule has 0 heterocycles. The van der Waals surface area contributed by atoms with Crippen molar-refractivity contribution in [3.05, 3.63) is 35.4 Å². The van der Waals surface area contributed by atoms with Gasteiger partial charge >= 0.3 is 0 Å². The Labute approximate surface area is 85.3 Å². The fraction of sp³-hybridized carbons (Fsp3) is 0.500. The molecule has 0 radical (unpaired) electrons. The van der Waals surface area contributed by atoms with Gasteiger partial charge in [-0.1, -0.05) is 31.2 Å². The zero-order chi connectivity index (χ0) is 9.97. The molecule has 2 nitrogen and oxygen atoms in total. The summed E-state index contributed by atoms with van der Waals surface area (Å²) in [6.07, 6.45) is 1.33. The summed E-state index contributed by atoms with van der Waals surface area (Å²) in [7, 11) is 1.79. The molecule has 76 valence electrons. The highest BCUT2D eigenvalue weighted by molar-refractivity contribution is 5.36. The predicted octanol–water partition coefficient (Wildman–Crippen LogP) is 1.91. The molecule has 0 spiro atoms. The number of nitrogens with one attached hydrogen (secondary N) is 1. The van der Waals surface area contributed by atoms with Gasteiger partial charge in [0.15, 0.2) is 0 Å². The number of methoxy groups -OCH3 is 1. The van der Waals surface area contributed by atoms with E-state index in [1.54, 1.807) is 7.11 Å². The van der Waals surface area contributed by atoms with Crippen LogP contribution >= 0.6 is 0 Å². The Bertz CT molecular complexity index is 311. The summed E-state index contributed by atoms with van der Waals surface area (Å²) in [4.78, 5) is 0. The zero-order valence-corrected chi connectivity index (χ0v) is 8.79. The van der Waals surface area contributed by atoms with E-state index in [0.717, 1.165) is 13.0 Å². The van der Waals surface area contributed by atoms with E-state index >= 15 is 0 Å². The van der Waals surface area contributed by atoms with Gasteiger partial charge in [-0.3, -0.25) is 0 Å². The van der Waals surface area contributed by atoms with Gasteiger partial charge in [-0.05, 0) is 17.7 Å². The molecule has 2 heteroatoms. The van der Waals surface area contributed by atoms with Crippen LogP contribution in [-0.4, -0.2) is 19.8 Å². The van der Waals surface area contributed by atoms with E-state index in [1.165, 1.54) is 11.1 Å². The summed E-state index contributed by atoms with van der Waals surface area (Å²) < 4.78 is 5.50. The monoisotopic (exact) mass is 191 g/mol. The van der Waals surface area contributed by atoms with Crippen LogP contribution < -0.4 is 5.32 Å². The van der Waals surface area contributed by atoms with Crippen molar-refractivity contribution in [2.45, 2.75) is 25.5 Å². The molecule has 1 aromatic carbocycles. The summed E-state index contributed by atoms with van der Waals surface area (Å²) in [6, 6.07) is 8.96. The molecule has 1 N–H and O–H groups in total. The van der Waals surface area contributed by atoms with Crippen molar-refractivity contribution in [3.63, 3.8) is 0 Å². The van der Waals surface area contributed by atoms with Crippen molar-refractivity contribution in [1.29, 1.82) is 0 Å². The van der Waals surface area contributed by atoms with Gasteiger partial charge in [0.25, 0.3) is 0 Å². The Kier molecular flexibility index (Phi) is 2.85. The van der Waals surface area contributed by atoms with Gasteiger partial charge in [-0.25, -0.2) is 0 Å². The molecule has 1 aliphatic rings. The molecule has 0 aromatic heterocycles. The van der Waals surface area contributed by atoms with Crippen LogP contribution in [0, 0.1) is 0 Å². The summed E-state index contributed by atoms with van der Waals surface area (Å²) in [5.41, 5.74) is 2.83. The number of rotatable bonds is 3. The molecule has 0 bridgehead atoms. The first-order valence-electron chi connectivity index (χ1n) is 5.20. The van der Waals surface area contributed by atoms with Gasteiger partial charge in [0.1, 0.15) is 0 Å². The Hall–Kier alpha value is -0.860. The van der Waals surface area contributed by atoms with Crippen molar-refractivity contribution in [2.75, 3.05) is 13.7 Å². The first kappa shape index (κ1) is 9.69. The first-order valence-corrected chi connectivity index (χ1v) is 5.20. The molecule has 2 atom stereocenters. The Morgan fingerprint density at radius 1 is 1.43 bits per heavy atom. The average Bonchev–Trinajstić information content (AvgIpc) is 2.58. The molecular formula is C12H17NO. The van der Waals surface area contributed by atoms with E-state index < -0.39 is 0 Å². The van der Waals surface area contributed by atoms with E-state index in [9.17, 15) is 0 Å². The topological polar surface area (TPSA) is 21.3 Å². The second kappa shape index (κ2) is 4.11. The molecular weight excluding hydrogens is 174 g/mol. The number of benzene rings is 1. The minimum atomic E-state index is 0.298. The minimum absolute atomic E-state index is 0.298. The number of hydrogen-bond donors (Lipinski definition) is 1. The number of ether oxygens (including phenoxy) is 1. The average molecular weight is 191 g/mol. The molecule has 14 heavy (non-hydrogen) atoms. The lowest BCUT2D eigenvalue weighted by Gasteiger charge is -2.19. The SMILES string of the molecule is CCN[C@@H]1c2ccccc2C[C@@H]1OC. The lowest BCUT2D eigenvalue weighted by atomic mass is 10.1.